The number of benzene rings is 2. The molecule has 0 bridgehead atoms. The SMILES string of the molecule is CC(=O)Nc1cccc(C2CN3C(=O)C4=C(COC45CCN(Cc4ccc(C(F)(F)F)o4)CC5)N(Cc4c(F)cccc4C(F)(F)F)C3=S(C)CN2)c1. The van der Waals surface area contributed by atoms with Gasteiger partial charge in [0.2, 0.25) is 11.7 Å². The number of alkyl halides is 6. The average Bonchev–Trinajstić information content (AvgIpc) is 3.67. The van der Waals surface area contributed by atoms with Crippen LogP contribution in [0.25, 0.3) is 0 Å². The first-order valence-electron chi connectivity index (χ1n) is 16.8. The van der Waals surface area contributed by atoms with Crippen molar-refractivity contribution in [3.05, 3.63) is 99.9 Å². The van der Waals surface area contributed by atoms with Crippen molar-refractivity contribution in [2.45, 2.75) is 56.9 Å². The number of halogens is 7. The highest BCUT2D eigenvalue weighted by Gasteiger charge is 2.54. The topological polar surface area (TPSA) is 90.3 Å². The number of hydrogen-bond donors (Lipinski definition) is 2. The number of likely N-dealkylation sites (tertiary alicyclic amines) is 1. The maximum Gasteiger partial charge on any atom is 0.449 e. The number of furan rings is 1. The smallest absolute Gasteiger partial charge is 0.449 e. The minimum atomic E-state index is -4.84. The molecule has 4 aliphatic rings. The molecule has 3 aromatic rings. The van der Waals surface area contributed by atoms with Gasteiger partial charge in [0.25, 0.3) is 5.91 Å². The molecule has 1 fully saturated rings. The van der Waals surface area contributed by atoms with Gasteiger partial charge in [-0.2, -0.15) is 26.3 Å². The second-order valence-corrected chi connectivity index (χ2v) is 15.5. The lowest BCUT2D eigenvalue weighted by atomic mass is 9.82. The average molecular weight is 768 g/mol. The molecule has 0 aliphatic carbocycles. The second kappa shape index (κ2) is 13.9. The van der Waals surface area contributed by atoms with Gasteiger partial charge >= 0.3 is 12.4 Å². The summed E-state index contributed by atoms with van der Waals surface area (Å²) in [7, 11) is -0.776. The summed E-state index contributed by atoms with van der Waals surface area (Å²) >= 11 is 0. The molecule has 17 heteroatoms. The molecule has 284 valence electrons. The number of hydrogen-bond acceptors (Lipinski definition) is 7. The Bertz CT molecular complexity index is 2000. The van der Waals surface area contributed by atoms with Crippen LogP contribution in [0.4, 0.5) is 36.4 Å². The van der Waals surface area contributed by atoms with Crippen LogP contribution in [0.3, 0.4) is 0 Å². The Hall–Kier alpha value is -4.19. The molecular formula is C36H36F7N5O4S. The van der Waals surface area contributed by atoms with Crippen LogP contribution in [-0.2, 0) is 39.8 Å². The molecule has 5 heterocycles. The summed E-state index contributed by atoms with van der Waals surface area (Å²) in [5, 5.41) is 6.68. The molecule has 2 atom stereocenters. The lowest BCUT2D eigenvalue weighted by Crippen LogP contribution is -2.56. The molecule has 1 aromatic heterocycles. The van der Waals surface area contributed by atoms with E-state index in [0.717, 1.165) is 29.8 Å². The van der Waals surface area contributed by atoms with E-state index >= 15 is 4.39 Å². The van der Waals surface area contributed by atoms with Crippen molar-refractivity contribution in [2.75, 3.05) is 43.7 Å². The van der Waals surface area contributed by atoms with Crippen LogP contribution in [0.2, 0.25) is 0 Å². The zero-order valence-corrected chi connectivity index (χ0v) is 29.5. The third kappa shape index (κ3) is 7.23. The highest BCUT2D eigenvalue weighted by Crippen LogP contribution is 2.47. The van der Waals surface area contributed by atoms with E-state index < -0.39 is 63.7 Å². The zero-order chi connectivity index (χ0) is 37.9. The van der Waals surface area contributed by atoms with Gasteiger partial charge < -0.3 is 19.4 Å². The standard InChI is InChI=1S/C36H36F7N5O4S/c1-21(49)45-23-6-3-5-22(15-23)28-18-48-32(50)31-29(19-51-34(31)11-13-46(14-12-34)16-24-9-10-30(52-24)36(41,42)43)47(33(48)53(2)20-44-28)17-25-26(35(38,39)40)7-4-8-27(25)37/h3-10,15,28,44H,11-14,16-20H2,1-2H3,(H,45,49). The molecule has 0 radical (unpaired) electrons. The van der Waals surface area contributed by atoms with Crippen LogP contribution in [-0.4, -0.2) is 75.6 Å². The quantitative estimate of drug-likeness (QED) is 0.214. The molecule has 53 heavy (non-hydrogen) atoms. The van der Waals surface area contributed by atoms with Crippen LogP contribution in [0.5, 0.6) is 0 Å². The van der Waals surface area contributed by atoms with Gasteiger partial charge in [-0.3, -0.25) is 24.7 Å². The van der Waals surface area contributed by atoms with Gasteiger partial charge in [-0.25, -0.2) is 4.39 Å². The molecule has 2 aromatic carbocycles. The van der Waals surface area contributed by atoms with Crippen LogP contribution in [0, 0.1) is 5.82 Å². The summed E-state index contributed by atoms with van der Waals surface area (Å²) in [6.07, 6.45) is -7.05. The minimum absolute atomic E-state index is 0.0773. The monoisotopic (exact) mass is 767 g/mol. The summed E-state index contributed by atoms with van der Waals surface area (Å²) in [5.74, 6) is -2.28. The van der Waals surface area contributed by atoms with E-state index in [-0.39, 0.29) is 55.7 Å². The zero-order valence-electron chi connectivity index (χ0n) is 28.7. The first-order valence-corrected chi connectivity index (χ1v) is 18.6. The highest BCUT2D eigenvalue weighted by atomic mass is 32.2. The molecular weight excluding hydrogens is 731 g/mol. The number of nitrogens with one attached hydrogen (secondary N) is 2. The minimum Gasteiger partial charge on any atom is -0.455 e. The second-order valence-electron chi connectivity index (χ2n) is 13.5. The third-order valence-electron chi connectivity index (χ3n) is 10.0. The largest absolute Gasteiger partial charge is 0.455 e. The number of anilines is 1. The Morgan fingerprint density at radius 2 is 1.75 bits per heavy atom. The molecule has 4 aliphatic heterocycles. The number of carbonyl (C=O) groups excluding carboxylic acids is 2. The maximum absolute atomic E-state index is 15.4. The lowest BCUT2D eigenvalue weighted by molar-refractivity contribution is -0.153. The Morgan fingerprint density at radius 1 is 1.02 bits per heavy atom. The summed E-state index contributed by atoms with van der Waals surface area (Å²) in [5.41, 5.74) is -0.843. The Morgan fingerprint density at radius 3 is 2.43 bits per heavy atom. The first-order chi connectivity index (χ1) is 25.0. The molecule has 1 spiro atoms. The number of carbonyl (C=O) groups is 2. The van der Waals surface area contributed by atoms with Crippen molar-refractivity contribution in [1.29, 1.82) is 0 Å². The molecule has 2 N–H and O–H groups in total. The van der Waals surface area contributed by atoms with Crippen molar-refractivity contribution in [2.24, 2.45) is 0 Å². The predicted octanol–water partition coefficient (Wildman–Crippen LogP) is 6.67. The number of piperidine rings is 1. The van der Waals surface area contributed by atoms with Gasteiger partial charge in [0, 0.05) is 43.7 Å². The van der Waals surface area contributed by atoms with Crippen molar-refractivity contribution in [1.82, 2.24) is 20.0 Å². The molecule has 2 amide bonds. The van der Waals surface area contributed by atoms with Crippen molar-refractivity contribution >= 4 is 33.1 Å². The fourth-order valence-corrected chi connectivity index (χ4v) is 9.24. The number of ether oxygens (including phenoxy) is 1. The van der Waals surface area contributed by atoms with Crippen LogP contribution in [0.1, 0.15) is 54.0 Å². The molecule has 1 saturated heterocycles. The van der Waals surface area contributed by atoms with Gasteiger partial charge in [-0.05, 0) is 61.1 Å². The predicted molar refractivity (Wildman–Crippen MR) is 183 cm³/mol. The van der Waals surface area contributed by atoms with Gasteiger partial charge in [-0.1, -0.05) is 18.2 Å². The number of amides is 2. The van der Waals surface area contributed by atoms with Gasteiger partial charge in [0.1, 0.15) is 22.3 Å². The van der Waals surface area contributed by atoms with Crippen molar-refractivity contribution in [3.8, 4) is 0 Å². The van der Waals surface area contributed by atoms with Gasteiger partial charge in [0.15, 0.2) is 0 Å². The highest BCUT2D eigenvalue weighted by molar-refractivity contribution is 8.15. The van der Waals surface area contributed by atoms with Gasteiger partial charge in [-0.15, -0.1) is 10.5 Å². The Labute approximate surface area is 302 Å². The van der Waals surface area contributed by atoms with Crippen molar-refractivity contribution < 1.29 is 49.5 Å². The maximum atomic E-state index is 15.4. The summed E-state index contributed by atoms with van der Waals surface area (Å²) in [6, 6.07) is 11.7. The van der Waals surface area contributed by atoms with Gasteiger partial charge in [0.05, 0.1) is 42.6 Å². The normalized spacial score (nSPS) is 22.3. The summed E-state index contributed by atoms with van der Waals surface area (Å²) in [4.78, 5) is 31.7. The van der Waals surface area contributed by atoms with Crippen LogP contribution in [0.15, 0.2) is 70.3 Å². The fourth-order valence-electron chi connectivity index (χ4n) is 7.57. The van der Waals surface area contributed by atoms with E-state index in [1.54, 1.807) is 28.0 Å². The Kier molecular flexibility index (Phi) is 9.74. The van der Waals surface area contributed by atoms with E-state index in [0.29, 0.717) is 35.5 Å². The van der Waals surface area contributed by atoms with Crippen molar-refractivity contribution in [3.63, 3.8) is 0 Å². The number of nitrogens with zero attached hydrogens (tertiary/aromatic N) is 3. The van der Waals surface area contributed by atoms with E-state index in [2.05, 4.69) is 10.6 Å². The number of rotatable bonds is 6. The third-order valence-corrected chi connectivity index (χ3v) is 11.7. The molecule has 0 saturated carbocycles. The van der Waals surface area contributed by atoms with Crippen LogP contribution >= 0.6 is 10.5 Å². The van der Waals surface area contributed by atoms with E-state index in [4.69, 9.17) is 9.15 Å². The summed E-state index contributed by atoms with van der Waals surface area (Å²) < 4.78 is 109. The fraction of sp³-hybridized carbons (Fsp3) is 0.417. The van der Waals surface area contributed by atoms with E-state index in [1.165, 1.54) is 13.0 Å². The van der Waals surface area contributed by atoms with E-state index in [1.807, 2.05) is 17.2 Å². The molecule has 2 unspecified atom stereocenters. The Balaban J connectivity index is 1.25. The van der Waals surface area contributed by atoms with E-state index in [9.17, 15) is 35.9 Å². The lowest BCUT2D eigenvalue weighted by Gasteiger charge is -2.44. The molecule has 7 rings (SSSR count). The first kappa shape index (κ1) is 37.1. The number of fused-ring (bicyclic) bond motifs is 2. The summed E-state index contributed by atoms with van der Waals surface area (Å²) in [6.45, 7) is 1.60. The molecule has 9 nitrogen and oxygen atoms in total. The van der Waals surface area contributed by atoms with Crippen LogP contribution < -0.4 is 10.6 Å².